The topological polar surface area (TPSA) is 21.6 Å². The Morgan fingerprint density at radius 1 is 1.00 bits per heavy atom. The van der Waals surface area contributed by atoms with Crippen LogP contribution in [0.1, 0.15) is 12.5 Å². The molecule has 0 radical (unpaired) electrons. The zero-order valence-corrected chi connectivity index (χ0v) is 11.0. The van der Waals surface area contributed by atoms with Crippen LogP contribution in [0.25, 0.3) is 6.08 Å². The van der Waals surface area contributed by atoms with E-state index in [2.05, 4.69) is 17.1 Å². The van der Waals surface area contributed by atoms with Gasteiger partial charge in [0.25, 0.3) is 0 Å². The maximum Gasteiger partial charge on any atom is 0.119 e. The minimum Gasteiger partial charge on any atom is -0.494 e. The number of hydrogen-bond acceptors (Lipinski definition) is 2. The van der Waals surface area contributed by atoms with E-state index in [1.54, 1.807) is 6.21 Å². The molecule has 19 heavy (non-hydrogen) atoms. The van der Waals surface area contributed by atoms with E-state index in [0.717, 1.165) is 11.4 Å². The molecule has 0 aliphatic rings. The van der Waals surface area contributed by atoms with E-state index in [1.807, 2.05) is 61.5 Å². The van der Waals surface area contributed by atoms with E-state index in [9.17, 15) is 0 Å². The molecule has 0 spiro atoms. The lowest BCUT2D eigenvalue weighted by molar-refractivity contribution is 0.340. The molecule has 2 aromatic rings. The standard InChI is InChI=1S/C17H17NO/c1-2-19-17-12-10-16(11-13-17)18-14-6-9-15-7-4-3-5-8-15/h3-14H,2H2,1H3/b9-6+,18-14?. The van der Waals surface area contributed by atoms with Gasteiger partial charge in [-0.2, -0.15) is 0 Å². The fraction of sp³-hybridized carbons (Fsp3) is 0.118. The third-order valence-electron chi connectivity index (χ3n) is 2.55. The molecule has 2 rings (SSSR count). The molecule has 96 valence electrons. The molecular weight excluding hydrogens is 234 g/mol. The second kappa shape index (κ2) is 7.17. The van der Waals surface area contributed by atoms with Crippen molar-refractivity contribution in [2.45, 2.75) is 6.92 Å². The fourth-order valence-corrected chi connectivity index (χ4v) is 1.64. The minimum atomic E-state index is 0.683. The predicted octanol–water partition coefficient (Wildman–Crippen LogP) is 4.50. The van der Waals surface area contributed by atoms with Gasteiger partial charge in [0, 0.05) is 6.21 Å². The highest BCUT2D eigenvalue weighted by Crippen LogP contribution is 2.17. The van der Waals surface area contributed by atoms with Crippen molar-refractivity contribution in [3.63, 3.8) is 0 Å². The summed E-state index contributed by atoms with van der Waals surface area (Å²) in [7, 11) is 0. The van der Waals surface area contributed by atoms with E-state index in [1.165, 1.54) is 5.56 Å². The number of allylic oxidation sites excluding steroid dienone is 1. The number of hydrogen-bond donors (Lipinski definition) is 0. The van der Waals surface area contributed by atoms with Gasteiger partial charge in [0.05, 0.1) is 12.3 Å². The van der Waals surface area contributed by atoms with Crippen LogP contribution in [0.2, 0.25) is 0 Å². The number of aliphatic imine (C=N–C) groups is 1. The molecule has 2 aromatic carbocycles. The van der Waals surface area contributed by atoms with Gasteiger partial charge in [-0.25, -0.2) is 0 Å². The van der Waals surface area contributed by atoms with Crippen molar-refractivity contribution in [1.82, 2.24) is 0 Å². The van der Waals surface area contributed by atoms with Gasteiger partial charge < -0.3 is 4.74 Å². The van der Waals surface area contributed by atoms with Crippen LogP contribution in [0.5, 0.6) is 5.75 Å². The summed E-state index contributed by atoms with van der Waals surface area (Å²) >= 11 is 0. The molecule has 2 nitrogen and oxygen atoms in total. The number of nitrogens with zero attached hydrogens (tertiary/aromatic N) is 1. The largest absolute Gasteiger partial charge is 0.494 e. The van der Waals surface area contributed by atoms with E-state index in [0.29, 0.717) is 6.61 Å². The zero-order valence-electron chi connectivity index (χ0n) is 11.0. The molecule has 0 aliphatic carbocycles. The van der Waals surface area contributed by atoms with Crippen molar-refractivity contribution in [2.75, 3.05) is 6.61 Å². The quantitative estimate of drug-likeness (QED) is 0.717. The van der Waals surface area contributed by atoms with Crippen molar-refractivity contribution in [3.05, 3.63) is 66.2 Å². The Labute approximate surface area is 114 Å². The lowest BCUT2D eigenvalue weighted by Gasteiger charge is -2.01. The first kappa shape index (κ1) is 13.1. The summed E-state index contributed by atoms with van der Waals surface area (Å²) in [5.41, 5.74) is 2.09. The third-order valence-corrected chi connectivity index (χ3v) is 2.55. The molecule has 0 saturated heterocycles. The highest BCUT2D eigenvalue weighted by Gasteiger charge is 1.91. The van der Waals surface area contributed by atoms with Gasteiger partial charge in [0.15, 0.2) is 0 Å². The first-order valence-corrected chi connectivity index (χ1v) is 6.37. The fourth-order valence-electron chi connectivity index (χ4n) is 1.64. The van der Waals surface area contributed by atoms with Crippen LogP contribution in [0, 0.1) is 0 Å². The van der Waals surface area contributed by atoms with Crippen LogP contribution >= 0.6 is 0 Å². The second-order valence-corrected chi connectivity index (χ2v) is 3.97. The Hall–Kier alpha value is -2.35. The van der Waals surface area contributed by atoms with Crippen LogP contribution in [0.3, 0.4) is 0 Å². The highest BCUT2D eigenvalue weighted by molar-refractivity contribution is 5.80. The van der Waals surface area contributed by atoms with Gasteiger partial charge in [0.1, 0.15) is 5.75 Å². The first-order chi connectivity index (χ1) is 9.38. The lowest BCUT2D eigenvalue weighted by atomic mass is 10.2. The van der Waals surface area contributed by atoms with E-state index >= 15 is 0 Å². The van der Waals surface area contributed by atoms with Gasteiger partial charge >= 0.3 is 0 Å². The first-order valence-electron chi connectivity index (χ1n) is 6.37. The van der Waals surface area contributed by atoms with Crippen LogP contribution in [-0.4, -0.2) is 12.8 Å². The van der Waals surface area contributed by atoms with Gasteiger partial charge in [-0.1, -0.05) is 36.4 Å². The van der Waals surface area contributed by atoms with Crippen molar-refractivity contribution >= 4 is 18.0 Å². The lowest BCUT2D eigenvalue weighted by Crippen LogP contribution is -1.89. The predicted molar refractivity (Wildman–Crippen MR) is 81.2 cm³/mol. The Balaban J connectivity index is 1.93. The second-order valence-electron chi connectivity index (χ2n) is 3.97. The van der Waals surface area contributed by atoms with Gasteiger partial charge in [0.2, 0.25) is 0 Å². The Morgan fingerprint density at radius 2 is 1.74 bits per heavy atom. The summed E-state index contributed by atoms with van der Waals surface area (Å²) in [6, 6.07) is 17.9. The SMILES string of the molecule is CCOc1ccc(N=C/C=C/c2ccccc2)cc1. The van der Waals surface area contributed by atoms with Crippen LogP contribution in [-0.2, 0) is 0 Å². The number of ether oxygens (including phenoxy) is 1. The zero-order chi connectivity index (χ0) is 13.3. The van der Waals surface area contributed by atoms with Gasteiger partial charge in [-0.15, -0.1) is 0 Å². The molecule has 0 amide bonds. The molecule has 0 bridgehead atoms. The summed E-state index contributed by atoms with van der Waals surface area (Å²) < 4.78 is 5.38. The Kier molecular flexibility index (Phi) is 4.94. The normalized spacial score (nSPS) is 11.2. The van der Waals surface area contributed by atoms with Crippen LogP contribution in [0.4, 0.5) is 5.69 Å². The van der Waals surface area contributed by atoms with Crippen molar-refractivity contribution in [3.8, 4) is 5.75 Å². The molecule has 0 aliphatic heterocycles. The molecule has 0 atom stereocenters. The maximum absolute atomic E-state index is 5.38. The molecule has 0 unspecified atom stereocenters. The van der Waals surface area contributed by atoms with Gasteiger partial charge in [-0.3, -0.25) is 4.99 Å². The molecular formula is C17H17NO. The smallest absolute Gasteiger partial charge is 0.119 e. The van der Waals surface area contributed by atoms with Crippen molar-refractivity contribution in [2.24, 2.45) is 4.99 Å². The molecule has 0 saturated carbocycles. The van der Waals surface area contributed by atoms with Crippen molar-refractivity contribution < 1.29 is 4.74 Å². The van der Waals surface area contributed by atoms with E-state index in [-0.39, 0.29) is 0 Å². The summed E-state index contributed by atoms with van der Waals surface area (Å²) in [5, 5.41) is 0. The third kappa shape index (κ3) is 4.43. The van der Waals surface area contributed by atoms with Crippen LogP contribution in [0.15, 0.2) is 65.7 Å². The number of benzene rings is 2. The molecule has 2 heteroatoms. The average Bonchev–Trinajstić information content (AvgIpc) is 2.47. The van der Waals surface area contributed by atoms with E-state index in [4.69, 9.17) is 4.74 Å². The summed E-state index contributed by atoms with van der Waals surface area (Å²) in [4.78, 5) is 4.36. The summed E-state index contributed by atoms with van der Waals surface area (Å²) in [5.74, 6) is 0.876. The van der Waals surface area contributed by atoms with Crippen molar-refractivity contribution in [1.29, 1.82) is 0 Å². The van der Waals surface area contributed by atoms with E-state index < -0.39 is 0 Å². The molecule has 0 N–H and O–H groups in total. The Bertz CT molecular complexity index is 541. The average molecular weight is 251 g/mol. The minimum absolute atomic E-state index is 0.683. The molecule has 0 aromatic heterocycles. The Morgan fingerprint density at radius 3 is 2.42 bits per heavy atom. The maximum atomic E-state index is 5.38. The summed E-state index contributed by atoms with van der Waals surface area (Å²) in [6.07, 6.45) is 5.76. The number of rotatable bonds is 5. The van der Waals surface area contributed by atoms with Crippen LogP contribution < -0.4 is 4.74 Å². The molecule has 0 heterocycles. The monoisotopic (exact) mass is 251 g/mol. The summed E-state index contributed by atoms with van der Waals surface area (Å²) in [6.45, 7) is 2.66. The highest BCUT2D eigenvalue weighted by atomic mass is 16.5. The van der Waals surface area contributed by atoms with Gasteiger partial charge in [-0.05, 0) is 42.8 Å². The molecule has 0 fully saturated rings.